The number of halogens is 3. The van der Waals surface area contributed by atoms with Gasteiger partial charge in [-0.15, -0.1) is 0 Å². The van der Waals surface area contributed by atoms with Gasteiger partial charge in [0.1, 0.15) is 0 Å². The molecule has 148 valence electrons. The van der Waals surface area contributed by atoms with Crippen LogP contribution in [0.2, 0.25) is 0 Å². The zero-order chi connectivity index (χ0) is 20.6. The Labute approximate surface area is 163 Å². The van der Waals surface area contributed by atoms with Crippen LogP contribution < -0.4 is 4.72 Å². The first-order chi connectivity index (χ1) is 13.7. The van der Waals surface area contributed by atoms with E-state index in [2.05, 4.69) is 14.7 Å². The van der Waals surface area contributed by atoms with Crippen LogP contribution in [0.3, 0.4) is 0 Å². The Bertz CT molecular complexity index is 1250. The van der Waals surface area contributed by atoms with Crippen LogP contribution in [0.25, 0.3) is 17.0 Å². The van der Waals surface area contributed by atoms with Crippen molar-refractivity contribution in [3.63, 3.8) is 0 Å². The highest BCUT2D eigenvalue weighted by molar-refractivity contribution is 7.92. The highest BCUT2D eigenvalue weighted by Crippen LogP contribution is 2.31. The summed E-state index contributed by atoms with van der Waals surface area (Å²) in [7, 11) is -4.17. The van der Waals surface area contributed by atoms with Crippen molar-refractivity contribution < 1.29 is 21.6 Å². The van der Waals surface area contributed by atoms with Crippen molar-refractivity contribution in [1.82, 2.24) is 14.4 Å². The summed E-state index contributed by atoms with van der Waals surface area (Å²) in [6.45, 7) is 0. The first-order valence-corrected chi connectivity index (χ1v) is 9.81. The molecule has 1 N–H and O–H groups in total. The van der Waals surface area contributed by atoms with Gasteiger partial charge < -0.3 is 0 Å². The zero-order valence-corrected chi connectivity index (χ0v) is 15.4. The smallest absolute Gasteiger partial charge is 0.291 e. The second-order valence-electron chi connectivity index (χ2n) is 6.16. The molecule has 29 heavy (non-hydrogen) atoms. The topological polar surface area (TPSA) is 76.4 Å². The van der Waals surface area contributed by atoms with Gasteiger partial charge in [-0.05, 0) is 36.4 Å². The normalized spacial score (nSPS) is 12.2. The molecular formula is C19H13F3N4O2S. The number of anilines is 1. The van der Waals surface area contributed by atoms with Crippen molar-refractivity contribution in [2.75, 3.05) is 4.72 Å². The molecule has 0 amide bonds. The summed E-state index contributed by atoms with van der Waals surface area (Å²) >= 11 is 0. The van der Waals surface area contributed by atoms with E-state index in [1.165, 1.54) is 12.1 Å². The standard InChI is InChI=1S/C19H13F3N4O2S/c20-19(21,22)14-3-1-4-16(11-14)29(27,28)25-15-7-5-13(6-8-15)17-12-26-10-2-9-23-18(26)24-17/h1-12,25H. The Kier molecular flexibility index (Phi) is 4.50. The van der Waals surface area contributed by atoms with Crippen molar-refractivity contribution >= 4 is 21.5 Å². The van der Waals surface area contributed by atoms with Crippen molar-refractivity contribution in [3.8, 4) is 11.3 Å². The summed E-state index contributed by atoms with van der Waals surface area (Å²) in [6.07, 6.45) is 0.578. The summed E-state index contributed by atoms with van der Waals surface area (Å²) in [5.74, 6) is 0.525. The second-order valence-corrected chi connectivity index (χ2v) is 7.84. The fraction of sp³-hybridized carbons (Fsp3) is 0.0526. The predicted octanol–water partition coefficient (Wildman–Crippen LogP) is 4.22. The number of rotatable bonds is 4. The highest BCUT2D eigenvalue weighted by Gasteiger charge is 2.31. The summed E-state index contributed by atoms with van der Waals surface area (Å²) in [5.41, 5.74) is 0.567. The van der Waals surface area contributed by atoms with E-state index in [0.29, 0.717) is 17.5 Å². The molecule has 0 aliphatic carbocycles. The van der Waals surface area contributed by atoms with Crippen LogP contribution in [0.1, 0.15) is 5.56 Å². The van der Waals surface area contributed by atoms with E-state index in [-0.39, 0.29) is 5.69 Å². The Balaban J connectivity index is 1.58. The number of aromatic nitrogens is 3. The lowest BCUT2D eigenvalue weighted by atomic mass is 10.1. The van der Waals surface area contributed by atoms with Gasteiger partial charge in [-0.1, -0.05) is 18.2 Å². The molecule has 0 bridgehead atoms. The van der Waals surface area contributed by atoms with E-state index in [1.807, 2.05) is 0 Å². The van der Waals surface area contributed by atoms with Crippen molar-refractivity contribution in [2.24, 2.45) is 0 Å². The third kappa shape index (κ3) is 3.92. The maximum absolute atomic E-state index is 12.8. The molecule has 0 saturated heterocycles. The molecule has 0 unspecified atom stereocenters. The fourth-order valence-corrected chi connectivity index (χ4v) is 3.84. The second kappa shape index (κ2) is 6.89. The SMILES string of the molecule is O=S(=O)(Nc1ccc(-c2cn3cccnc3n2)cc1)c1cccc(C(F)(F)F)c1. The van der Waals surface area contributed by atoms with E-state index >= 15 is 0 Å². The van der Waals surface area contributed by atoms with Gasteiger partial charge in [0.25, 0.3) is 10.0 Å². The van der Waals surface area contributed by atoms with E-state index in [4.69, 9.17) is 0 Å². The molecule has 2 heterocycles. The van der Waals surface area contributed by atoms with Crippen LogP contribution in [0, 0.1) is 0 Å². The molecule has 4 rings (SSSR count). The maximum Gasteiger partial charge on any atom is 0.416 e. The van der Waals surface area contributed by atoms with Gasteiger partial charge in [0.2, 0.25) is 5.78 Å². The largest absolute Gasteiger partial charge is 0.416 e. The van der Waals surface area contributed by atoms with E-state index in [1.54, 1.807) is 41.2 Å². The van der Waals surface area contributed by atoms with Gasteiger partial charge in [-0.3, -0.25) is 9.12 Å². The number of benzene rings is 2. The number of imidazole rings is 1. The van der Waals surface area contributed by atoms with Gasteiger partial charge in [0, 0.05) is 29.8 Å². The van der Waals surface area contributed by atoms with Crippen LogP contribution in [-0.2, 0) is 16.2 Å². The number of hydrogen-bond donors (Lipinski definition) is 1. The lowest BCUT2D eigenvalue weighted by Crippen LogP contribution is -2.14. The summed E-state index contributed by atoms with van der Waals surface area (Å²) in [4.78, 5) is 8.04. The molecule has 2 aromatic heterocycles. The third-order valence-electron chi connectivity index (χ3n) is 4.14. The molecule has 0 saturated carbocycles. The number of fused-ring (bicyclic) bond motifs is 1. The number of sulfonamides is 1. The van der Waals surface area contributed by atoms with Crippen LogP contribution >= 0.6 is 0 Å². The van der Waals surface area contributed by atoms with Crippen molar-refractivity contribution in [1.29, 1.82) is 0 Å². The average molecular weight is 418 g/mol. The molecule has 0 spiro atoms. The van der Waals surface area contributed by atoms with Crippen LogP contribution in [0.5, 0.6) is 0 Å². The van der Waals surface area contributed by atoms with Gasteiger partial charge in [-0.2, -0.15) is 13.2 Å². The van der Waals surface area contributed by atoms with Gasteiger partial charge in [0.15, 0.2) is 0 Å². The Morgan fingerprint density at radius 1 is 1.00 bits per heavy atom. The molecular weight excluding hydrogens is 405 g/mol. The fourth-order valence-electron chi connectivity index (χ4n) is 2.73. The number of nitrogens with one attached hydrogen (secondary N) is 1. The third-order valence-corrected chi connectivity index (χ3v) is 5.52. The molecule has 10 heteroatoms. The minimum atomic E-state index is -4.63. The lowest BCUT2D eigenvalue weighted by Gasteiger charge is -2.11. The quantitative estimate of drug-likeness (QED) is 0.539. The Hall–Kier alpha value is -3.40. The predicted molar refractivity (Wildman–Crippen MR) is 101 cm³/mol. The van der Waals surface area contributed by atoms with E-state index < -0.39 is 26.7 Å². The van der Waals surface area contributed by atoms with Gasteiger partial charge >= 0.3 is 6.18 Å². The summed E-state index contributed by atoms with van der Waals surface area (Å²) in [6, 6.07) is 11.7. The minimum absolute atomic E-state index is 0.216. The molecule has 0 aliphatic rings. The molecule has 2 aromatic carbocycles. The molecule has 0 fully saturated rings. The van der Waals surface area contributed by atoms with Crippen molar-refractivity contribution in [3.05, 3.63) is 78.8 Å². The summed E-state index contributed by atoms with van der Waals surface area (Å²) < 4.78 is 67.5. The van der Waals surface area contributed by atoms with E-state index in [9.17, 15) is 21.6 Å². The summed E-state index contributed by atoms with van der Waals surface area (Å²) in [5, 5.41) is 0. The molecule has 0 radical (unpaired) electrons. The van der Waals surface area contributed by atoms with Crippen LogP contribution in [0.15, 0.2) is 78.1 Å². The van der Waals surface area contributed by atoms with Crippen LogP contribution in [-0.4, -0.2) is 22.8 Å². The number of alkyl halides is 3. The van der Waals surface area contributed by atoms with E-state index in [0.717, 1.165) is 23.8 Å². The van der Waals surface area contributed by atoms with Gasteiger partial charge in [-0.25, -0.2) is 18.4 Å². The zero-order valence-electron chi connectivity index (χ0n) is 14.6. The Morgan fingerprint density at radius 3 is 2.45 bits per heavy atom. The Morgan fingerprint density at radius 2 is 1.76 bits per heavy atom. The monoisotopic (exact) mass is 418 g/mol. The molecule has 0 aliphatic heterocycles. The highest BCUT2D eigenvalue weighted by atomic mass is 32.2. The van der Waals surface area contributed by atoms with Crippen molar-refractivity contribution in [2.45, 2.75) is 11.1 Å². The molecule has 6 nitrogen and oxygen atoms in total. The number of hydrogen-bond acceptors (Lipinski definition) is 4. The average Bonchev–Trinajstić information content (AvgIpc) is 3.12. The molecule has 4 aromatic rings. The first-order valence-electron chi connectivity index (χ1n) is 8.33. The van der Waals surface area contributed by atoms with Crippen LogP contribution in [0.4, 0.5) is 18.9 Å². The lowest BCUT2D eigenvalue weighted by molar-refractivity contribution is -0.137. The van der Waals surface area contributed by atoms with Gasteiger partial charge in [0.05, 0.1) is 16.2 Å². The number of nitrogens with zero attached hydrogens (tertiary/aromatic N) is 3. The first kappa shape index (κ1) is 18.9. The minimum Gasteiger partial charge on any atom is -0.291 e. The maximum atomic E-state index is 12.8. The molecule has 0 atom stereocenters.